The summed E-state index contributed by atoms with van der Waals surface area (Å²) >= 11 is 0. The molecule has 3 aromatic carbocycles. The molecule has 1 saturated heterocycles. The van der Waals surface area contributed by atoms with Crippen molar-refractivity contribution >= 4 is 39.2 Å². The highest BCUT2D eigenvalue weighted by molar-refractivity contribution is 6.13. The molecule has 0 radical (unpaired) electrons. The summed E-state index contributed by atoms with van der Waals surface area (Å²) in [6.07, 6.45) is 3.43. The van der Waals surface area contributed by atoms with Gasteiger partial charge in [-0.1, -0.05) is 51.1 Å². The van der Waals surface area contributed by atoms with Crippen molar-refractivity contribution in [1.82, 2.24) is 0 Å². The number of non-ortho nitro benzene ring substituents is 1. The lowest BCUT2D eigenvalue weighted by Gasteiger charge is -2.41. The number of carbonyl (C=O) groups excluding carboxylic acids is 1. The maximum atomic E-state index is 13.9. The second-order valence-corrected chi connectivity index (χ2v) is 11.8. The zero-order valence-corrected chi connectivity index (χ0v) is 21.7. The van der Waals surface area contributed by atoms with Crippen LogP contribution in [0, 0.1) is 21.4 Å². The number of rotatable bonds is 3. The van der Waals surface area contributed by atoms with Crippen LogP contribution in [0.2, 0.25) is 0 Å². The van der Waals surface area contributed by atoms with Gasteiger partial charge in [-0.15, -0.1) is 0 Å². The van der Waals surface area contributed by atoms with Crippen LogP contribution in [0.4, 0.5) is 17.1 Å². The molecule has 6 nitrogen and oxygen atoms in total. The molecule has 0 bridgehead atoms. The lowest BCUT2D eigenvalue weighted by Crippen LogP contribution is -2.36. The Bertz CT molecular complexity index is 1460. The smallest absolute Gasteiger partial charge is 0.269 e. The van der Waals surface area contributed by atoms with Crippen molar-refractivity contribution in [1.29, 1.82) is 0 Å². The number of Topliss-reactive ketones (excluding diaryl/α,β-unsaturated/α-hetero) is 1. The van der Waals surface area contributed by atoms with E-state index in [1.165, 1.54) is 0 Å². The highest BCUT2D eigenvalue weighted by Crippen LogP contribution is 2.53. The fourth-order valence-electron chi connectivity index (χ4n) is 6.49. The molecule has 37 heavy (non-hydrogen) atoms. The normalized spacial score (nSPS) is 21.4. The Labute approximate surface area is 217 Å². The third-order valence-electron chi connectivity index (χ3n) is 8.40. The summed E-state index contributed by atoms with van der Waals surface area (Å²) in [7, 11) is 0. The monoisotopic (exact) mass is 495 g/mol. The van der Waals surface area contributed by atoms with Gasteiger partial charge >= 0.3 is 0 Å². The quantitative estimate of drug-likeness (QED) is 0.305. The van der Waals surface area contributed by atoms with E-state index < -0.39 is 6.04 Å². The van der Waals surface area contributed by atoms with Gasteiger partial charge in [-0.25, -0.2) is 0 Å². The molecule has 2 aliphatic heterocycles. The molecule has 0 saturated carbocycles. The van der Waals surface area contributed by atoms with Gasteiger partial charge in [0.15, 0.2) is 5.78 Å². The lowest BCUT2D eigenvalue weighted by molar-refractivity contribution is -0.384. The van der Waals surface area contributed by atoms with Crippen molar-refractivity contribution in [2.45, 2.75) is 52.5 Å². The van der Waals surface area contributed by atoms with Crippen LogP contribution in [0.25, 0.3) is 16.3 Å². The molecule has 3 aromatic rings. The predicted molar refractivity (Wildman–Crippen MR) is 149 cm³/mol. The molecular formula is C31H33N3O3. The second kappa shape index (κ2) is 8.72. The van der Waals surface area contributed by atoms with E-state index in [-0.39, 0.29) is 21.8 Å². The number of piperidine rings is 1. The molecule has 6 heteroatoms. The maximum Gasteiger partial charge on any atom is 0.269 e. The fraction of sp³-hybridized carbons (Fsp3) is 0.387. The van der Waals surface area contributed by atoms with Crippen LogP contribution < -0.4 is 10.2 Å². The number of fused-ring (bicyclic) bond motifs is 4. The van der Waals surface area contributed by atoms with Crippen LogP contribution in [-0.2, 0) is 4.79 Å². The average Bonchev–Trinajstić information content (AvgIpc) is 2.87. The van der Waals surface area contributed by atoms with Gasteiger partial charge < -0.3 is 10.2 Å². The van der Waals surface area contributed by atoms with Crippen molar-refractivity contribution in [2.24, 2.45) is 11.3 Å². The van der Waals surface area contributed by atoms with Gasteiger partial charge in [0.2, 0.25) is 0 Å². The van der Waals surface area contributed by atoms with Crippen LogP contribution in [0.5, 0.6) is 0 Å². The van der Waals surface area contributed by atoms with Crippen LogP contribution in [-0.4, -0.2) is 23.8 Å². The molecule has 1 aliphatic carbocycles. The topological polar surface area (TPSA) is 75.5 Å². The number of hydrogen-bond acceptors (Lipinski definition) is 5. The highest BCUT2D eigenvalue weighted by atomic mass is 16.6. The van der Waals surface area contributed by atoms with E-state index in [2.05, 4.69) is 55.3 Å². The Balaban J connectivity index is 1.58. The number of nitrogens with zero attached hydrogens (tertiary/aromatic N) is 2. The number of hydrogen-bond donors (Lipinski definition) is 1. The van der Waals surface area contributed by atoms with Crippen LogP contribution >= 0.6 is 0 Å². The number of nitrogens with one attached hydrogen (secondary N) is 1. The number of ketones is 1. The van der Waals surface area contributed by atoms with E-state index in [4.69, 9.17) is 0 Å². The number of benzene rings is 3. The van der Waals surface area contributed by atoms with Crippen LogP contribution in [0.15, 0.2) is 60.2 Å². The Morgan fingerprint density at radius 3 is 2.54 bits per heavy atom. The minimum Gasteiger partial charge on any atom is -0.373 e. The lowest BCUT2D eigenvalue weighted by atomic mass is 9.67. The zero-order chi connectivity index (χ0) is 25.9. The molecule has 0 unspecified atom stereocenters. The van der Waals surface area contributed by atoms with E-state index in [0.717, 1.165) is 76.8 Å². The van der Waals surface area contributed by atoms with Gasteiger partial charge in [-0.2, -0.15) is 0 Å². The molecule has 3 aliphatic rings. The van der Waals surface area contributed by atoms with Gasteiger partial charge in [0.05, 0.1) is 11.0 Å². The van der Waals surface area contributed by atoms with Crippen LogP contribution in [0.1, 0.15) is 63.6 Å². The summed E-state index contributed by atoms with van der Waals surface area (Å²) in [5.41, 5.74) is 5.66. The average molecular weight is 496 g/mol. The standard InChI is InChI=1S/C31H33N3O3/c1-19-12-14-33(15-13-19)26-11-9-21(34(36)37)16-23(26)30-29-24(17-31(2,3)18-27(29)35)28-22-7-5-4-6-20(22)8-10-25(28)32-30/h4-11,16,19,30,32H,12-15,17-18H2,1-3H3/t30-/m1/s1. The third-order valence-corrected chi connectivity index (χ3v) is 8.40. The summed E-state index contributed by atoms with van der Waals surface area (Å²) in [6.45, 7) is 8.41. The minimum absolute atomic E-state index is 0.0565. The minimum atomic E-state index is -0.429. The molecule has 190 valence electrons. The van der Waals surface area contributed by atoms with Crippen molar-refractivity contribution < 1.29 is 9.72 Å². The summed E-state index contributed by atoms with van der Waals surface area (Å²) < 4.78 is 0. The Hall–Kier alpha value is -3.67. The number of anilines is 2. The number of nitro groups is 1. The van der Waals surface area contributed by atoms with E-state index in [1.54, 1.807) is 12.1 Å². The first-order valence-corrected chi connectivity index (χ1v) is 13.3. The predicted octanol–water partition coefficient (Wildman–Crippen LogP) is 7.29. The fourth-order valence-corrected chi connectivity index (χ4v) is 6.49. The van der Waals surface area contributed by atoms with Crippen molar-refractivity contribution in [2.75, 3.05) is 23.3 Å². The number of allylic oxidation sites excluding steroid dienone is 1. The number of nitro benzene ring substituents is 1. The summed E-state index contributed by atoms with van der Waals surface area (Å²) in [5.74, 6) is 0.800. The number of carbonyl (C=O) groups is 1. The molecule has 0 amide bonds. The summed E-state index contributed by atoms with van der Waals surface area (Å²) in [6, 6.07) is 17.3. The molecule has 1 N–H and O–H groups in total. The van der Waals surface area contributed by atoms with Gasteiger partial charge in [0.25, 0.3) is 5.69 Å². The van der Waals surface area contributed by atoms with Crippen LogP contribution in [0.3, 0.4) is 0 Å². The van der Waals surface area contributed by atoms with Crippen molar-refractivity contribution in [3.8, 4) is 0 Å². The second-order valence-electron chi connectivity index (χ2n) is 11.8. The van der Waals surface area contributed by atoms with E-state index in [0.29, 0.717) is 12.3 Å². The van der Waals surface area contributed by atoms with E-state index >= 15 is 0 Å². The molecule has 0 spiro atoms. The largest absolute Gasteiger partial charge is 0.373 e. The molecule has 2 heterocycles. The Kier molecular flexibility index (Phi) is 5.59. The van der Waals surface area contributed by atoms with Gasteiger partial charge in [-0.05, 0) is 59.1 Å². The first-order chi connectivity index (χ1) is 17.7. The van der Waals surface area contributed by atoms with E-state index in [1.807, 2.05) is 18.2 Å². The SMILES string of the molecule is CC1CCN(c2ccc([N+](=O)[O-])cc2[C@H]2Nc3ccc4ccccc4c3C3=C2C(=O)CC(C)(C)C3)CC1. The Morgan fingerprint density at radius 1 is 1.03 bits per heavy atom. The third kappa shape index (κ3) is 4.08. The first-order valence-electron chi connectivity index (χ1n) is 13.3. The molecule has 0 aromatic heterocycles. The van der Waals surface area contributed by atoms with Gasteiger partial charge in [0, 0.05) is 59.7 Å². The highest BCUT2D eigenvalue weighted by Gasteiger charge is 2.42. The van der Waals surface area contributed by atoms with Crippen molar-refractivity contribution in [3.63, 3.8) is 0 Å². The first kappa shape index (κ1) is 23.7. The Morgan fingerprint density at radius 2 is 1.78 bits per heavy atom. The van der Waals surface area contributed by atoms with E-state index in [9.17, 15) is 14.9 Å². The zero-order valence-electron chi connectivity index (χ0n) is 21.7. The molecular weight excluding hydrogens is 462 g/mol. The van der Waals surface area contributed by atoms with Gasteiger partial charge in [0.1, 0.15) is 0 Å². The maximum absolute atomic E-state index is 13.9. The molecule has 1 atom stereocenters. The molecule has 6 rings (SSSR count). The van der Waals surface area contributed by atoms with Gasteiger partial charge in [-0.3, -0.25) is 14.9 Å². The summed E-state index contributed by atoms with van der Waals surface area (Å²) in [4.78, 5) is 27.7. The molecule has 1 fully saturated rings. The van der Waals surface area contributed by atoms with Crippen molar-refractivity contribution in [3.05, 3.63) is 81.4 Å². The summed E-state index contributed by atoms with van der Waals surface area (Å²) in [5, 5.41) is 17.8.